The molecule has 4 aliphatic rings. The van der Waals surface area contributed by atoms with Crippen molar-refractivity contribution in [1.82, 2.24) is 4.90 Å². The van der Waals surface area contributed by atoms with Gasteiger partial charge >= 0.3 is 0 Å². The zero-order valence-corrected chi connectivity index (χ0v) is 29.9. The summed E-state index contributed by atoms with van der Waals surface area (Å²) in [6, 6.07) is 17.0. The predicted octanol–water partition coefficient (Wildman–Crippen LogP) is 4.90. The molecule has 1 spiro atoms. The number of ether oxygens (including phenoxy) is 4. The maximum Gasteiger partial charge on any atom is 0.221 e. The number of nitrogens with two attached hydrogens (primary N) is 1. The summed E-state index contributed by atoms with van der Waals surface area (Å²) in [4.78, 5) is 16.7. The van der Waals surface area contributed by atoms with Crippen molar-refractivity contribution in [2.45, 2.75) is 48.8 Å². The average molecular weight is 723 g/mol. The van der Waals surface area contributed by atoms with Gasteiger partial charge in [0.15, 0.2) is 0 Å². The van der Waals surface area contributed by atoms with Crippen LogP contribution in [0.25, 0.3) is 0 Å². The molecule has 268 valence electrons. The number of hydrogen-bond donors (Lipinski definition) is 1. The molecule has 0 bridgehead atoms. The highest BCUT2D eigenvalue weighted by molar-refractivity contribution is 7.79. The number of fused-ring (bicyclic) bond motifs is 3. The fourth-order valence-corrected chi connectivity index (χ4v) is 8.58. The Morgan fingerprint density at radius 2 is 1.84 bits per heavy atom. The van der Waals surface area contributed by atoms with E-state index in [9.17, 15) is 13.6 Å². The summed E-state index contributed by atoms with van der Waals surface area (Å²) in [7, 11) is 0. The monoisotopic (exact) mass is 722 g/mol. The van der Waals surface area contributed by atoms with Gasteiger partial charge in [-0.2, -0.15) is 0 Å². The van der Waals surface area contributed by atoms with E-state index in [2.05, 4.69) is 21.9 Å². The number of morpholine rings is 1. The molecule has 2 aliphatic heterocycles. The van der Waals surface area contributed by atoms with Gasteiger partial charge in [0.05, 0.1) is 38.5 Å². The van der Waals surface area contributed by atoms with Gasteiger partial charge in [0.25, 0.3) is 0 Å². The van der Waals surface area contributed by atoms with E-state index < -0.39 is 17.0 Å². The predicted molar refractivity (Wildman–Crippen MR) is 191 cm³/mol. The second kappa shape index (κ2) is 15.5. The van der Waals surface area contributed by atoms with Crippen molar-refractivity contribution in [2.75, 3.05) is 70.7 Å². The maximum absolute atomic E-state index is 12.0. The SMILES string of the molecule is NC(=O)Cc1cc(OCCN2CCOCC2)cc(OC[C@@H]2CC[C@H]2CN2C[C@@]3(CCCc4cc(Cl)ccc43)COc3ccc(S(=O)[O-])cc32)c1. The minimum absolute atomic E-state index is 0.104. The molecule has 4 atom stereocenters. The minimum atomic E-state index is -2.36. The molecule has 2 N–H and O–H groups in total. The molecular weight excluding hydrogens is 678 g/mol. The van der Waals surface area contributed by atoms with Gasteiger partial charge in [-0.3, -0.25) is 13.9 Å². The van der Waals surface area contributed by atoms with Gasteiger partial charge in [-0.15, -0.1) is 0 Å². The Kier molecular flexibility index (Phi) is 10.9. The van der Waals surface area contributed by atoms with E-state index >= 15 is 0 Å². The number of nitrogens with zero attached hydrogens (tertiary/aromatic N) is 2. The van der Waals surface area contributed by atoms with Crippen molar-refractivity contribution in [3.63, 3.8) is 0 Å². The fraction of sp³-hybridized carbons (Fsp3) is 0.500. The molecule has 7 rings (SSSR count). The van der Waals surface area contributed by atoms with E-state index in [-0.39, 0.29) is 16.7 Å². The van der Waals surface area contributed by atoms with Crippen molar-refractivity contribution in [3.8, 4) is 17.2 Å². The Balaban J connectivity index is 1.07. The Bertz CT molecular complexity index is 1720. The Labute approximate surface area is 301 Å². The molecule has 2 aliphatic carbocycles. The highest BCUT2D eigenvalue weighted by Gasteiger charge is 2.43. The van der Waals surface area contributed by atoms with Crippen LogP contribution in [0.2, 0.25) is 5.02 Å². The Hall–Kier alpha value is -3.35. The van der Waals surface area contributed by atoms with Crippen molar-refractivity contribution in [1.29, 1.82) is 0 Å². The molecule has 1 amide bonds. The van der Waals surface area contributed by atoms with E-state index in [1.54, 1.807) is 18.2 Å². The standard InChI is InChI=1S/C38H46ClN3O7S/c39-30-5-7-34-27(19-30)2-1-9-38(34)24-42(35-21-33(50(44)45)6-8-36(35)49-25-38)22-28-3-4-29(28)23-48-32-17-26(18-37(40)43)16-31(20-32)47-15-12-41-10-13-46-14-11-41/h5-8,16-17,19-21,28-29H,1-4,9-15,18,22-25H2,(H2,40,43)(H,44,45)/p-1/t28-,29-,38-/m0/s1. The van der Waals surface area contributed by atoms with Gasteiger partial charge in [-0.1, -0.05) is 17.7 Å². The molecule has 0 radical (unpaired) electrons. The number of carbonyl (C=O) groups is 1. The van der Waals surface area contributed by atoms with Crippen LogP contribution in [-0.4, -0.2) is 85.3 Å². The van der Waals surface area contributed by atoms with E-state index in [1.807, 2.05) is 24.3 Å². The molecule has 1 unspecified atom stereocenters. The molecule has 2 heterocycles. The van der Waals surface area contributed by atoms with Crippen LogP contribution in [0.15, 0.2) is 59.5 Å². The molecule has 0 aromatic heterocycles. The Morgan fingerprint density at radius 1 is 1.04 bits per heavy atom. The van der Waals surface area contributed by atoms with Crippen LogP contribution in [-0.2, 0) is 38.9 Å². The topological polar surface area (TPSA) is 127 Å². The van der Waals surface area contributed by atoms with Crippen LogP contribution in [0, 0.1) is 11.8 Å². The third-order valence-corrected chi connectivity index (χ3v) is 11.7. The largest absolute Gasteiger partial charge is 0.768 e. The van der Waals surface area contributed by atoms with Crippen LogP contribution in [0.3, 0.4) is 0 Å². The number of primary amides is 1. The van der Waals surface area contributed by atoms with Crippen LogP contribution in [0.1, 0.15) is 42.4 Å². The highest BCUT2D eigenvalue weighted by Crippen LogP contribution is 2.46. The lowest BCUT2D eigenvalue weighted by atomic mass is 9.69. The van der Waals surface area contributed by atoms with Gasteiger partial charge in [0.1, 0.15) is 23.9 Å². The molecule has 3 aromatic rings. The van der Waals surface area contributed by atoms with E-state index in [0.717, 1.165) is 87.8 Å². The van der Waals surface area contributed by atoms with Crippen molar-refractivity contribution < 1.29 is 32.5 Å². The average Bonchev–Trinajstić information content (AvgIpc) is 3.23. The second-order valence-electron chi connectivity index (χ2n) is 14.1. The van der Waals surface area contributed by atoms with Crippen LogP contribution in [0.4, 0.5) is 5.69 Å². The first-order valence-corrected chi connectivity index (χ1v) is 19.1. The lowest BCUT2D eigenvalue weighted by Crippen LogP contribution is -2.49. The number of carbonyl (C=O) groups excluding carboxylic acids is 1. The van der Waals surface area contributed by atoms with Crippen LogP contribution >= 0.6 is 11.6 Å². The third kappa shape index (κ3) is 8.07. The number of rotatable bonds is 12. The van der Waals surface area contributed by atoms with Gasteiger partial charge < -0.3 is 34.1 Å². The number of aryl methyl sites for hydroxylation is 1. The van der Waals surface area contributed by atoms with Crippen LogP contribution in [0.5, 0.6) is 17.2 Å². The summed E-state index contributed by atoms with van der Waals surface area (Å²) in [5.74, 6) is 2.25. The fourth-order valence-electron chi connectivity index (χ4n) is 8.00. The Morgan fingerprint density at radius 3 is 2.60 bits per heavy atom. The number of anilines is 1. The van der Waals surface area contributed by atoms with Gasteiger partial charge in [-0.05, 0) is 114 Å². The number of hydrogen-bond acceptors (Lipinski definition) is 9. The second-order valence-corrected chi connectivity index (χ2v) is 15.5. The summed E-state index contributed by atoms with van der Waals surface area (Å²) >= 11 is 4.06. The van der Waals surface area contributed by atoms with Crippen molar-refractivity contribution in [3.05, 3.63) is 76.3 Å². The number of halogens is 1. The van der Waals surface area contributed by atoms with E-state index in [1.165, 1.54) is 11.1 Å². The molecule has 1 saturated heterocycles. The quantitative estimate of drug-likeness (QED) is 0.260. The maximum atomic E-state index is 12.0. The molecule has 1 saturated carbocycles. The summed E-state index contributed by atoms with van der Waals surface area (Å²) < 4.78 is 48.6. The molecule has 3 aromatic carbocycles. The van der Waals surface area contributed by atoms with Crippen molar-refractivity contribution >= 4 is 34.3 Å². The first-order chi connectivity index (χ1) is 24.2. The lowest BCUT2D eigenvalue weighted by molar-refractivity contribution is -0.117. The molecule has 2 fully saturated rings. The molecule has 12 heteroatoms. The van der Waals surface area contributed by atoms with Crippen LogP contribution < -0.4 is 24.8 Å². The highest BCUT2D eigenvalue weighted by atomic mass is 35.5. The normalized spacial score (nSPS) is 23.9. The summed E-state index contributed by atoms with van der Waals surface area (Å²) in [6.45, 7) is 7.06. The molecular formula is C38H45ClN3O7S-. The van der Waals surface area contributed by atoms with Gasteiger partial charge in [0.2, 0.25) is 5.91 Å². The minimum Gasteiger partial charge on any atom is -0.768 e. The zero-order chi connectivity index (χ0) is 34.7. The number of amides is 1. The number of benzene rings is 3. The zero-order valence-electron chi connectivity index (χ0n) is 28.3. The summed E-state index contributed by atoms with van der Waals surface area (Å²) in [5, 5.41) is 0.738. The summed E-state index contributed by atoms with van der Waals surface area (Å²) in [6.07, 6.45) is 5.17. The van der Waals surface area contributed by atoms with E-state index in [0.29, 0.717) is 55.4 Å². The van der Waals surface area contributed by atoms with Gasteiger partial charge in [0, 0.05) is 54.1 Å². The lowest BCUT2D eigenvalue weighted by Gasteiger charge is -2.44. The first-order valence-electron chi connectivity index (χ1n) is 17.6. The summed E-state index contributed by atoms with van der Waals surface area (Å²) in [5.41, 5.74) is 9.40. The van der Waals surface area contributed by atoms with Gasteiger partial charge in [-0.25, -0.2) is 0 Å². The van der Waals surface area contributed by atoms with E-state index in [4.69, 9.17) is 36.3 Å². The molecule has 10 nitrogen and oxygen atoms in total. The first kappa shape index (κ1) is 35.1. The van der Waals surface area contributed by atoms with Crippen molar-refractivity contribution in [2.24, 2.45) is 17.6 Å². The smallest absolute Gasteiger partial charge is 0.221 e. The third-order valence-electron chi connectivity index (χ3n) is 10.8. The molecule has 50 heavy (non-hydrogen) atoms.